The molecular weight excluding hydrogens is 264 g/mol. The van der Waals surface area contributed by atoms with Gasteiger partial charge in [0, 0.05) is 17.3 Å². The fourth-order valence-corrected chi connectivity index (χ4v) is 2.96. The Bertz CT molecular complexity index is 643. The van der Waals surface area contributed by atoms with Crippen molar-refractivity contribution in [2.75, 3.05) is 5.73 Å². The monoisotopic (exact) mass is 276 g/mol. The molecule has 0 aromatic heterocycles. The Hall–Kier alpha value is -2.21. The van der Waals surface area contributed by atoms with E-state index in [-0.39, 0.29) is 11.4 Å². The first-order chi connectivity index (χ1) is 9.09. The van der Waals surface area contributed by atoms with E-state index >= 15 is 0 Å². The predicted octanol–water partition coefficient (Wildman–Crippen LogP) is 2.48. The molecule has 6 heteroatoms. The first-order valence-electron chi connectivity index (χ1n) is 5.55. The number of hydrogen-bond acceptors (Lipinski definition) is 4. The van der Waals surface area contributed by atoms with Crippen molar-refractivity contribution >= 4 is 22.2 Å². The molecule has 2 N–H and O–H groups in total. The van der Waals surface area contributed by atoms with Crippen LogP contribution in [0.25, 0.3) is 0 Å². The lowest BCUT2D eigenvalue weighted by Gasteiger charge is -2.06. The SMILES string of the molecule is Nc1ccccc1S(=O)Cc1ccccc1[N+](=O)[O-]. The number of anilines is 1. The molecule has 1 atom stereocenters. The maximum Gasteiger partial charge on any atom is 0.273 e. The molecule has 19 heavy (non-hydrogen) atoms. The van der Waals surface area contributed by atoms with Crippen molar-refractivity contribution in [3.8, 4) is 0 Å². The first-order valence-corrected chi connectivity index (χ1v) is 6.86. The lowest BCUT2D eigenvalue weighted by molar-refractivity contribution is -0.385. The van der Waals surface area contributed by atoms with Crippen LogP contribution >= 0.6 is 0 Å². The number of nitrogens with zero attached hydrogens (tertiary/aromatic N) is 1. The van der Waals surface area contributed by atoms with E-state index in [1.54, 1.807) is 42.5 Å². The second-order valence-corrected chi connectivity index (χ2v) is 5.33. The van der Waals surface area contributed by atoms with Crippen molar-refractivity contribution in [3.05, 3.63) is 64.2 Å². The van der Waals surface area contributed by atoms with Gasteiger partial charge in [-0.05, 0) is 12.1 Å². The molecule has 0 saturated heterocycles. The minimum atomic E-state index is -1.40. The molecule has 5 nitrogen and oxygen atoms in total. The van der Waals surface area contributed by atoms with Crippen molar-refractivity contribution < 1.29 is 9.13 Å². The van der Waals surface area contributed by atoms with Gasteiger partial charge in [0.2, 0.25) is 0 Å². The zero-order valence-corrected chi connectivity index (χ0v) is 10.8. The summed E-state index contributed by atoms with van der Waals surface area (Å²) >= 11 is 0. The number of rotatable bonds is 4. The van der Waals surface area contributed by atoms with Crippen LogP contribution in [-0.2, 0) is 16.6 Å². The van der Waals surface area contributed by atoms with Crippen LogP contribution < -0.4 is 5.73 Å². The highest BCUT2D eigenvalue weighted by molar-refractivity contribution is 7.84. The molecule has 1 unspecified atom stereocenters. The standard InChI is InChI=1S/C13H12N2O3S/c14-11-6-2-4-8-13(11)19(18)9-10-5-1-3-7-12(10)15(16)17/h1-8H,9,14H2. The van der Waals surface area contributed by atoms with Crippen molar-refractivity contribution in [2.45, 2.75) is 10.6 Å². The van der Waals surface area contributed by atoms with E-state index in [4.69, 9.17) is 5.73 Å². The molecule has 98 valence electrons. The molecule has 0 amide bonds. The zero-order valence-electron chi connectivity index (χ0n) is 9.98. The lowest BCUT2D eigenvalue weighted by atomic mass is 10.2. The average Bonchev–Trinajstić information content (AvgIpc) is 2.39. The smallest absolute Gasteiger partial charge is 0.273 e. The van der Waals surface area contributed by atoms with Gasteiger partial charge in [-0.3, -0.25) is 14.3 Å². The van der Waals surface area contributed by atoms with Gasteiger partial charge in [0.15, 0.2) is 0 Å². The van der Waals surface area contributed by atoms with Crippen LogP contribution in [0.2, 0.25) is 0 Å². The highest BCUT2D eigenvalue weighted by Gasteiger charge is 2.16. The summed E-state index contributed by atoms with van der Waals surface area (Å²) in [5, 5.41) is 10.9. The summed E-state index contributed by atoms with van der Waals surface area (Å²) in [6, 6.07) is 13.1. The van der Waals surface area contributed by atoms with E-state index in [2.05, 4.69) is 0 Å². The van der Waals surface area contributed by atoms with Crippen molar-refractivity contribution in [2.24, 2.45) is 0 Å². The molecule has 2 aromatic rings. The highest BCUT2D eigenvalue weighted by atomic mass is 32.2. The Morgan fingerprint density at radius 1 is 1.11 bits per heavy atom. The zero-order chi connectivity index (χ0) is 13.8. The Labute approximate surface area is 112 Å². The van der Waals surface area contributed by atoms with Crippen LogP contribution in [0.3, 0.4) is 0 Å². The van der Waals surface area contributed by atoms with Crippen molar-refractivity contribution in [3.63, 3.8) is 0 Å². The Morgan fingerprint density at radius 3 is 2.42 bits per heavy atom. The second-order valence-electron chi connectivity index (χ2n) is 3.91. The normalized spacial score (nSPS) is 12.0. The number of para-hydroxylation sites is 2. The van der Waals surface area contributed by atoms with Crippen molar-refractivity contribution in [1.29, 1.82) is 0 Å². The summed E-state index contributed by atoms with van der Waals surface area (Å²) in [6.07, 6.45) is 0. The predicted molar refractivity (Wildman–Crippen MR) is 74.1 cm³/mol. The van der Waals surface area contributed by atoms with Gasteiger partial charge >= 0.3 is 0 Å². The molecule has 2 rings (SSSR count). The van der Waals surface area contributed by atoms with Gasteiger partial charge in [-0.25, -0.2) is 0 Å². The second kappa shape index (κ2) is 5.62. The number of nitro benzene ring substituents is 1. The molecule has 0 saturated carbocycles. The molecule has 0 aliphatic carbocycles. The van der Waals surface area contributed by atoms with Crippen LogP contribution in [0.1, 0.15) is 5.56 Å². The average molecular weight is 276 g/mol. The van der Waals surface area contributed by atoms with Crippen LogP contribution in [-0.4, -0.2) is 9.13 Å². The van der Waals surface area contributed by atoms with E-state index in [0.717, 1.165) is 0 Å². The van der Waals surface area contributed by atoms with Gasteiger partial charge in [-0.2, -0.15) is 0 Å². The molecule has 2 aromatic carbocycles. The fourth-order valence-electron chi connectivity index (χ4n) is 1.72. The van der Waals surface area contributed by atoms with Gasteiger partial charge < -0.3 is 5.73 Å². The molecule has 0 fully saturated rings. The highest BCUT2D eigenvalue weighted by Crippen LogP contribution is 2.23. The van der Waals surface area contributed by atoms with Gasteiger partial charge in [0.25, 0.3) is 5.69 Å². The van der Waals surface area contributed by atoms with Gasteiger partial charge in [0.05, 0.1) is 26.4 Å². The first kappa shape index (κ1) is 13.2. The van der Waals surface area contributed by atoms with Gasteiger partial charge in [-0.15, -0.1) is 0 Å². The maximum absolute atomic E-state index is 12.2. The Kier molecular flexibility index (Phi) is 3.91. The summed E-state index contributed by atoms with van der Waals surface area (Å²) in [7, 11) is -1.40. The third-order valence-corrected chi connectivity index (χ3v) is 4.07. The van der Waals surface area contributed by atoms with E-state index in [1.807, 2.05) is 0 Å². The number of nitrogen functional groups attached to an aromatic ring is 1. The molecule has 0 bridgehead atoms. The number of nitrogens with two attached hydrogens (primary N) is 1. The molecule has 0 radical (unpaired) electrons. The third kappa shape index (κ3) is 2.97. The summed E-state index contributed by atoms with van der Waals surface area (Å²) in [5.74, 6) is 0.0748. The van der Waals surface area contributed by atoms with Crippen LogP contribution in [0.5, 0.6) is 0 Å². The maximum atomic E-state index is 12.2. The van der Waals surface area contributed by atoms with Gasteiger partial charge in [0.1, 0.15) is 0 Å². The molecule has 0 spiro atoms. The van der Waals surface area contributed by atoms with Crippen molar-refractivity contribution in [1.82, 2.24) is 0 Å². The Balaban J connectivity index is 2.30. The minimum Gasteiger partial charge on any atom is -0.398 e. The molecule has 0 aliphatic rings. The third-order valence-electron chi connectivity index (χ3n) is 2.64. The number of nitro groups is 1. The van der Waals surface area contributed by atoms with E-state index in [9.17, 15) is 14.3 Å². The summed E-state index contributed by atoms with van der Waals surface area (Å²) in [6.45, 7) is 0. The van der Waals surface area contributed by atoms with Crippen LogP contribution in [0, 0.1) is 10.1 Å². The summed E-state index contributed by atoms with van der Waals surface area (Å²) in [4.78, 5) is 10.9. The minimum absolute atomic E-state index is 0.0228. The largest absolute Gasteiger partial charge is 0.398 e. The van der Waals surface area contributed by atoms with Crippen LogP contribution in [0.4, 0.5) is 11.4 Å². The number of benzene rings is 2. The Morgan fingerprint density at radius 2 is 1.74 bits per heavy atom. The molecular formula is C13H12N2O3S. The van der Waals surface area contributed by atoms with E-state index in [0.29, 0.717) is 16.1 Å². The van der Waals surface area contributed by atoms with E-state index < -0.39 is 15.7 Å². The van der Waals surface area contributed by atoms with Crippen LogP contribution in [0.15, 0.2) is 53.4 Å². The summed E-state index contributed by atoms with van der Waals surface area (Å²) < 4.78 is 12.2. The topological polar surface area (TPSA) is 86.2 Å². The van der Waals surface area contributed by atoms with E-state index in [1.165, 1.54) is 6.07 Å². The molecule has 0 aliphatic heterocycles. The number of hydrogen-bond donors (Lipinski definition) is 1. The molecule has 0 heterocycles. The quantitative estimate of drug-likeness (QED) is 0.528. The summed E-state index contributed by atoms with van der Waals surface area (Å²) in [5.41, 5.74) is 6.59. The fraction of sp³-hybridized carbons (Fsp3) is 0.0769. The lowest BCUT2D eigenvalue weighted by Crippen LogP contribution is -2.03. The van der Waals surface area contributed by atoms with Gasteiger partial charge in [-0.1, -0.05) is 30.3 Å².